The summed E-state index contributed by atoms with van der Waals surface area (Å²) in [5.74, 6) is -0.239. The van der Waals surface area contributed by atoms with E-state index in [0.29, 0.717) is 17.1 Å². The molecule has 1 aromatic carbocycles. The van der Waals surface area contributed by atoms with Gasteiger partial charge in [0, 0.05) is 9.50 Å². The predicted octanol–water partition coefficient (Wildman–Crippen LogP) is 3.12. The second-order valence-electron chi connectivity index (χ2n) is 4.83. The van der Waals surface area contributed by atoms with Crippen LogP contribution in [-0.4, -0.2) is 23.9 Å². The van der Waals surface area contributed by atoms with Crippen molar-refractivity contribution in [2.75, 3.05) is 4.90 Å². The summed E-state index contributed by atoms with van der Waals surface area (Å²) >= 11 is 9.42. The fourth-order valence-corrected chi connectivity index (χ4v) is 2.92. The Morgan fingerprint density at radius 1 is 1.40 bits per heavy atom. The summed E-state index contributed by atoms with van der Waals surface area (Å²) in [6.07, 6.45) is 1.46. The number of carbonyl (C=O) groups is 2. The lowest BCUT2D eigenvalue weighted by Crippen LogP contribution is -2.62. The average molecular weight is 360 g/mol. The highest BCUT2D eigenvalue weighted by atomic mass is 79.9. The summed E-state index contributed by atoms with van der Waals surface area (Å²) in [7, 11) is 0. The Morgan fingerprint density at radius 2 is 2.10 bits per heavy atom. The topological polar surface area (TPSA) is 49.4 Å². The lowest BCUT2D eigenvalue weighted by atomic mass is 10.0. The third-order valence-electron chi connectivity index (χ3n) is 3.36. The number of amides is 2. The lowest BCUT2D eigenvalue weighted by molar-refractivity contribution is -0.133. The normalized spacial score (nSPS) is 22.9. The maximum atomic E-state index is 12.6. The fourth-order valence-electron chi connectivity index (χ4n) is 2.31. The highest BCUT2D eigenvalue weighted by molar-refractivity contribution is 9.10. The first kappa shape index (κ1) is 15.3. The van der Waals surface area contributed by atoms with Crippen molar-refractivity contribution in [1.29, 1.82) is 0 Å². The van der Waals surface area contributed by atoms with Gasteiger partial charge in [0.25, 0.3) is 0 Å². The molecule has 2 unspecified atom stereocenters. The second-order valence-corrected chi connectivity index (χ2v) is 6.12. The molecule has 1 heterocycles. The van der Waals surface area contributed by atoms with E-state index in [4.69, 9.17) is 11.6 Å². The second kappa shape index (κ2) is 6.14. The number of nitrogens with one attached hydrogen (secondary N) is 1. The van der Waals surface area contributed by atoms with Gasteiger partial charge in [-0.2, -0.15) is 0 Å². The molecular weight excluding hydrogens is 344 g/mol. The number of nitrogens with zero attached hydrogens (tertiary/aromatic N) is 1. The van der Waals surface area contributed by atoms with E-state index in [-0.39, 0.29) is 11.8 Å². The summed E-state index contributed by atoms with van der Waals surface area (Å²) in [6, 6.07) is 4.19. The van der Waals surface area contributed by atoms with Gasteiger partial charge in [0.15, 0.2) is 0 Å². The number of hydrogen-bond acceptors (Lipinski definition) is 2. The zero-order valence-corrected chi connectivity index (χ0v) is 13.7. The van der Waals surface area contributed by atoms with Crippen LogP contribution in [0.4, 0.5) is 5.69 Å². The minimum absolute atomic E-state index is 0.0954. The number of carbonyl (C=O) groups excluding carboxylic acids is 2. The van der Waals surface area contributed by atoms with E-state index in [1.165, 1.54) is 4.90 Å². The maximum Gasteiger partial charge on any atom is 0.250 e. The van der Waals surface area contributed by atoms with Gasteiger partial charge in [0.05, 0.1) is 5.69 Å². The standard InChI is InChI=1S/C14H16BrClN2O2/c1-3-4-11-14(20)18(8(2)13(19)17-11)12-7-9(16)5-6-10(12)15/h5-8,11H,3-4H2,1-2H3,(H,17,19). The van der Waals surface area contributed by atoms with Crippen molar-refractivity contribution in [2.24, 2.45) is 0 Å². The van der Waals surface area contributed by atoms with Crippen LogP contribution in [0.25, 0.3) is 0 Å². The van der Waals surface area contributed by atoms with Crippen molar-refractivity contribution in [2.45, 2.75) is 38.8 Å². The van der Waals surface area contributed by atoms with Crippen molar-refractivity contribution < 1.29 is 9.59 Å². The average Bonchev–Trinajstić information content (AvgIpc) is 2.40. The zero-order chi connectivity index (χ0) is 14.9. The van der Waals surface area contributed by atoms with Crippen LogP contribution in [0, 0.1) is 0 Å². The third-order valence-corrected chi connectivity index (χ3v) is 4.27. The zero-order valence-electron chi connectivity index (χ0n) is 11.3. The van der Waals surface area contributed by atoms with Crippen molar-refractivity contribution in [3.63, 3.8) is 0 Å². The third kappa shape index (κ3) is 2.83. The molecule has 0 bridgehead atoms. The number of anilines is 1. The first-order valence-corrected chi connectivity index (χ1v) is 7.71. The first-order valence-electron chi connectivity index (χ1n) is 6.54. The molecule has 1 saturated heterocycles. The Hall–Kier alpha value is -1.07. The van der Waals surface area contributed by atoms with E-state index in [9.17, 15) is 9.59 Å². The molecule has 6 heteroatoms. The number of piperazine rings is 1. The van der Waals surface area contributed by atoms with Gasteiger partial charge >= 0.3 is 0 Å². The smallest absolute Gasteiger partial charge is 0.250 e. The SMILES string of the molecule is CCCC1NC(=O)C(C)N(c2cc(Cl)ccc2Br)C1=O. The summed E-state index contributed by atoms with van der Waals surface area (Å²) < 4.78 is 0.743. The summed E-state index contributed by atoms with van der Waals surface area (Å²) in [6.45, 7) is 3.69. The Bertz CT molecular complexity index is 550. The molecule has 1 N–H and O–H groups in total. The van der Waals surface area contributed by atoms with Gasteiger partial charge in [-0.25, -0.2) is 0 Å². The molecule has 1 aliphatic heterocycles. The number of hydrogen-bond donors (Lipinski definition) is 1. The van der Waals surface area contributed by atoms with Crippen LogP contribution in [0.2, 0.25) is 5.02 Å². The lowest BCUT2D eigenvalue weighted by Gasteiger charge is -2.37. The van der Waals surface area contributed by atoms with Crippen LogP contribution in [0.15, 0.2) is 22.7 Å². The monoisotopic (exact) mass is 358 g/mol. The van der Waals surface area contributed by atoms with E-state index >= 15 is 0 Å². The largest absolute Gasteiger partial charge is 0.342 e. The van der Waals surface area contributed by atoms with E-state index in [1.807, 2.05) is 6.92 Å². The van der Waals surface area contributed by atoms with E-state index in [1.54, 1.807) is 25.1 Å². The molecule has 2 atom stereocenters. The van der Waals surface area contributed by atoms with Crippen molar-refractivity contribution in [1.82, 2.24) is 5.32 Å². The van der Waals surface area contributed by atoms with Crippen LogP contribution in [0.3, 0.4) is 0 Å². The van der Waals surface area contributed by atoms with Crippen LogP contribution in [0.1, 0.15) is 26.7 Å². The highest BCUT2D eigenvalue weighted by Crippen LogP contribution is 2.32. The first-order chi connectivity index (χ1) is 9.45. The minimum Gasteiger partial charge on any atom is -0.342 e. The number of rotatable bonds is 3. The molecule has 0 radical (unpaired) electrons. The number of halogens is 2. The van der Waals surface area contributed by atoms with Gasteiger partial charge < -0.3 is 5.32 Å². The summed E-state index contributed by atoms with van der Waals surface area (Å²) in [5.41, 5.74) is 0.631. The molecular formula is C14H16BrClN2O2. The van der Waals surface area contributed by atoms with Gasteiger partial charge in [-0.1, -0.05) is 24.9 Å². The molecule has 1 aromatic rings. The maximum absolute atomic E-state index is 12.6. The van der Waals surface area contributed by atoms with Gasteiger partial charge in [-0.3, -0.25) is 14.5 Å². The molecule has 0 spiro atoms. The summed E-state index contributed by atoms with van der Waals surface area (Å²) in [4.78, 5) is 26.2. The van der Waals surface area contributed by atoms with E-state index in [2.05, 4.69) is 21.2 Å². The predicted molar refractivity (Wildman–Crippen MR) is 82.9 cm³/mol. The molecule has 20 heavy (non-hydrogen) atoms. The molecule has 2 amide bonds. The van der Waals surface area contributed by atoms with Crippen LogP contribution >= 0.6 is 27.5 Å². The summed E-state index contributed by atoms with van der Waals surface area (Å²) in [5, 5.41) is 3.30. The quantitative estimate of drug-likeness (QED) is 0.901. The molecule has 1 fully saturated rings. The van der Waals surface area contributed by atoms with Crippen LogP contribution in [0.5, 0.6) is 0 Å². The Labute approximate surface area is 131 Å². The minimum atomic E-state index is -0.551. The molecule has 2 rings (SSSR count). The molecule has 108 valence electrons. The number of benzene rings is 1. The Balaban J connectivity index is 2.43. The van der Waals surface area contributed by atoms with Gasteiger partial charge in [0.2, 0.25) is 11.8 Å². The molecule has 0 aromatic heterocycles. The molecule has 0 saturated carbocycles. The Morgan fingerprint density at radius 3 is 2.75 bits per heavy atom. The highest BCUT2D eigenvalue weighted by Gasteiger charge is 2.39. The van der Waals surface area contributed by atoms with Crippen molar-refractivity contribution in [3.05, 3.63) is 27.7 Å². The van der Waals surface area contributed by atoms with Gasteiger partial charge in [-0.05, 0) is 47.5 Å². The van der Waals surface area contributed by atoms with Crippen LogP contribution < -0.4 is 10.2 Å². The van der Waals surface area contributed by atoms with Gasteiger partial charge in [0.1, 0.15) is 12.1 Å². The van der Waals surface area contributed by atoms with Crippen molar-refractivity contribution >= 4 is 45.0 Å². The molecule has 1 aliphatic rings. The molecule has 0 aliphatic carbocycles. The fraction of sp³-hybridized carbons (Fsp3) is 0.429. The molecule has 4 nitrogen and oxygen atoms in total. The van der Waals surface area contributed by atoms with Crippen molar-refractivity contribution in [3.8, 4) is 0 Å². The van der Waals surface area contributed by atoms with E-state index in [0.717, 1.165) is 10.9 Å². The Kier molecular flexibility index (Phi) is 4.70. The van der Waals surface area contributed by atoms with Crippen LogP contribution in [-0.2, 0) is 9.59 Å². The van der Waals surface area contributed by atoms with E-state index < -0.39 is 12.1 Å². The van der Waals surface area contributed by atoms with Gasteiger partial charge in [-0.15, -0.1) is 0 Å².